The van der Waals surface area contributed by atoms with E-state index in [0.29, 0.717) is 30.2 Å². The van der Waals surface area contributed by atoms with E-state index in [9.17, 15) is 18.5 Å². The zero-order valence-corrected chi connectivity index (χ0v) is 18.7. The molecule has 3 heterocycles. The van der Waals surface area contributed by atoms with Gasteiger partial charge in [-0.3, -0.25) is 4.79 Å². The van der Waals surface area contributed by atoms with Gasteiger partial charge in [-0.05, 0) is 54.3 Å². The Bertz CT molecular complexity index is 1410. The standard InChI is InChI=1S/C24H20ClN3O3S/c25-20-7-5-17(6-8-20)21-9-10-22-19-11-16(14-28(22)24(21)29)13-27(15-19)32(30,31)23-4-2-1-3-18(23)12-26/h1-10,16,19H,11,13-15H2. The highest BCUT2D eigenvalue weighted by atomic mass is 35.5. The van der Waals surface area contributed by atoms with Gasteiger partial charge in [0.15, 0.2) is 0 Å². The van der Waals surface area contributed by atoms with E-state index < -0.39 is 10.0 Å². The van der Waals surface area contributed by atoms with Gasteiger partial charge in [0.25, 0.3) is 5.56 Å². The van der Waals surface area contributed by atoms with Gasteiger partial charge in [-0.2, -0.15) is 9.57 Å². The van der Waals surface area contributed by atoms with Gasteiger partial charge in [-0.25, -0.2) is 8.42 Å². The number of pyridine rings is 1. The molecule has 3 aromatic rings. The maximum Gasteiger partial charge on any atom is 0.258 e. The van der Waals surface area contributed by atoms with Crippen molar-refractivity contribution >= 4 is 21.6 Å². The molecule has 0 aliphatic carbocycles. The lowest BCUT2D eigenvalue weighted by Gasteiger charge is -2.42. The third-order valence-electron chi connectivity index (χ3n) is 6.35. The maximum absolute atomic E-state index is 13.3. The van der Waals surface area contributed by atoms with E-state index in [1.807, 2.05) is 30.3 Å². The lowest BCUT2D eigenvalue weighted by atomic mass is 9.84. The smallest absolute Gasteiger partial charge is 0.258 e. The van der Waals surface area contributed by atoms with Crippen LogP contribution in [0.3, 0.4) is 0 Å². The zero-order valence-electron chi connectivity index (χ0n) is 17.1. The second-order valence-electron chi connectivity index (χ2n) is 8.32. The minimum Gasteiger partial charge on any atom is -0.311 e. The van der Waals surface area contributed by atoms with Crippen LogP contribution < -0.4 is 5.56 Å². The summed E-state index contributed by atoms with van der Waals surface area (Å²) in [6.07, 6.45) is 0.839. The number of aromatic nitrogens is 1. The number of sulfonamides is 1. The Hall–Kier alpha value is -2.92. The molecule has 0 saturated carbocycles. The molecule has 2 bridgehead atoms. The number of rotatable bonds is 3. The molecule has 2 aliphatic heterocycles. The molecule has 2 aromatic carbocycles. The summed E-state index contributed by atoms with van der Waals surface area (Å²) in [7, 11) is -3.80. The van der Waals surface area contributed by atoms with Gasteiger partial charge in [0.05, 0.1) is 10.5 Å². The van der Waals surface area contributed by atoms with E-state index >= 15 is 0 Å². The third kappa shape index (κ3) is 3.45. The molecule has 0 radical (unpaired) electrons. The van der Waals surface area contributed by atoms with Crippen molar-refractivity contribution in [2.45, 2.75) is 23.8 Å². The minimum absolute atomic E-state index is 0.0310. The Labute approximate surface area is 191 Å². The topological polar surface area (TPSA) is 83.2 Å². The second kappa shape index (κ2) is 7.89. The summed E-state index contributed by atoms with van der Waals surface area (Å²) in [6, 6.07) is 19.2. The Kier molecular flexibility index (Phi) is 5.17. The molecular formula is C24H20ClN3O3S. The highest BCUT2D eigenvalue weighted by Crippen LogP contribution is 2.38. The zero-order chi connectivity index (χ0) is 22.5. The summed E-state index contributed by atoms with van der Waals surface area (Å²) in [5, 5.41) is 9.97. The van der Waals surface area contributed by atoms with Crippen LogP contribution in [-0.4, -0.2) is 30.4 Å². The number of benzene rings is 2. The predicted octanol–water partition coefficient (Wildman–Crippen LogP) is 3.85. The molecule has 1 aromatic heterocycles. The number of piperidine rings is 1. The summed E-state index contributed by atoms with van der Waals surface area (Å²) >= 11 is 5.98. The fraction of sp³-hybridized carbons (Fsp3) is 0.250. The van der Waals surface area contributed by atoms with Crippen molar-refractivity contribution in [3.63, 3.8) is 0 Å². The fourth-order valence-corrected chi connectivity index (χ4v) is 6.70. The number of hydrogen-bond acceptors (Lipinski definition) is 4. The SMILES string of the molecule is N#Cc1ccccc1S(=O)(=O)N1CC2CC(C1)c1ccc(-c3ccc(Cl)cc3)c(=O)n1C2. The van der Waals surface area contributed by atoms with Crippen molar-refractivity contribution in [1.82, 2.24) is 8.87 Å². The lowest BCUT2D eigenvalue weighted by Crippen LogP contribution is -2.49. The van der Waals surface area contributed by atoms with Crippen LogP contribution >= 0.6 is 11.6 Å². The van der Waals surface area contributed by atoms with Crippen molar-refractivity contribution in [2.75, 3.05) is 13.1 Å². The van der Waals surface area contributed by atoms with Gasteiger partial charge in [0, 0.05) is 41.8 Å². The average molecular weight is 466 g/mol. The molecule has 8 heteroatoms. The number of nitrogens with zero attached hydrogens (tertiary/aromatic N) is 3. The van der Waals surface area contributed by atoms with Crippen LogP contribution in [0.2, 0.25) is 5.02 Å². The molecular weight excluding hydrogens is 446 g/mol. The van der Waals surface area contributed by atoms with Gasteiger partial charge in [0.1, 0.15) is 6.07 Å². The van der Waals surface area contributed by atoms with E-state index in [0.717, 1.165) is 17.7 Å². The Morgan fingerprint density at radius 1 is 0.969 bits per heavy atom. The monoisotopic (exact) mass is 465 g/mol. The van der Waals surface area contributed by atoms with Crippen LogP contribution in [0, 0.1) is 17.2 Å². The number of nitriles is 1. The van der Waals surface area contributed by atoms with Gasteiger partial charge >= 0.3 is 0 Å². The molecule has 1 saturated heterocycles. The maximum atomic E-state index is 13.3. The largest absolute Gasteiger partial charge is 0.311 e. The van der Waals surface area contributed by atoms with Crippen LogP contribution in [0.1, 0.15) is 23.6 Å². The summed E-state index contributed by atoms with van der Waals surface area (Å²) in [4.78, 5) is 13.3. The Balaban J connectivity index is 1.50. The Morgan fingerprint density at radius 2 is 1.72 bits per heavy atom. The van der Waals surface area contributed by atoms with E-state index in [1.54, 1.807) is 28.8 Å². The van der Waals surface area contributed by atoms with Crippen LogP contribution in [0.4, 0.5) is 0 Å². The van der Waals surface area contributed by atoms with Gasteiger partial charge < -0.3 is 4.57 Å². The van der Waals surface area contributed by atoms with E-state index in [2.05, 4.69) is 0 Å². The molecule has 2 aliphatic rings. The first-order chi connectivity index (χ1) is 15.4. The predicted molar refractivity (Wildman–Crippen MR) is 122 cm³/mol. The van der Waals surface area contributed by atoms with Crippen LogP contribution in [0.5, 0.6) is 0 Å². The second-order valence-corrected chi connectivity index (χ2v) is 10.7. The Morgan fingerprint density at radius 3 is 2.47 bits per heavy atom. The summed E-state index contributed by atoms with van der Waals surface area (Å²) in [5.74, 6) is -0.0399. The summed E-state index contributed by atoms with van der Waals surface area (Å²) in [6.45, 7) is 1.09. The quantitative estimate of drug-likeness (QED) is 0.588. The van der Waals surface area contributed by atoms with Crippen LogP contribution in [0.15, 0.2) is 70.4 Å². The molecule has 2 unspecified atom stereocenters. The van der Waals surface area contributed by atoms with Crippen molar-refractivity contribution in [1.29, 1.82) is 5.26 Å². The first-order valence-corrected chi connectivity index (χ1v) is 12.2. The third-order valence-corrected chi connectivity index (χ3v) is 8.49. The number of halogens is 1. The molecule has 162 valence electrons. The molecule has 0 N–H and O–H groups in total. The van der Waals surface area contributed by atoms with E-state index in [-0.39, 0.29) is 27.9 Å². The normalized spacial score (nSPS) is 20.4. The van der Waals surface area contributed by atoms with Crippen LogP contribution in [-0.2, 0) is 16.6 Å². The molecule has 1 fully saturated rings. The molecule has 0 spiro atoms. The molecule has 6 nitrogen and oxygen atoms in total. The van der Waals surface area contributed by atoms with Crippen molar-refractivity contribution in [3.05, 3.63) is 87.3 Å². The van der Waals surface area contributed by atoms with E-state index in [4.69, 9.17) is 11.6 Å². The number of hydrogen-bond donors (Lipinski definition) is 0. The molecule has 32 heavy (non-hydrogen) atoms. The van der Waals surface area contributed by atoms with Crippen molar-refractivity contribution < 1.29 is 8.42 Å². The fourth-order valence-electron chi connectivity index (χ4n) is 4.87. The molecule has 2 atom stereocenters. The minimum atomic E-state index is -3.80. The van der Waals surface area contributed by atoms with Gasteiger partial charge in [-0.15, -0.1) is 0 Å². The molecule has 5 rings (SSSR count). The first kappa shape index (κ1) is 21.0. The molecule has 0 amide bonds. The highest BCUT2D eigenvalue weighted by Gasteiger charge is 2.40. The summed E-state index contributed by atoms with van der Waals surface area (Å²) in [5.41, 5.74) is 2.36. The first-order valence-electron chi connectivity index (χ1n) is 10.4. The van der Waals surface area contributed by atoms with E-state index in [1.165, 1.54) is 16.4 Å². The van der Waals surface area contributed by atoms with Crippen LogP contribution in [0.25, 0.3) is 11.1 Å². The van der Waals surface area contributed by atoms with Crippen molar-refractivity contribution in [3.8, 4) is 17.2 Å². The average Bonchev–Trinajstić information content (AvgIpc) is 2.80. The highest BCUT2D eigenvalue weighted by molar-refractivity contribution is 7.89. The number of fused-ring (bicyclic) bond motifs is 4. The lowest BCUT2D eigenvalue weighted by molar-refractivity contribution is 0.186. The van der Waals surface area contributed by atoms with Crippen molar-refractivity contribution in [2.24, 2.45) is 5.92 Å². The van der Waals surface area contributed by atoms with Gasteiger partial charge in [0.2, 0.25) is 10.0 Å². The summed E-state index contributed by atoms with van der Waals surface area (Å²) < 4.78 is 30.0. The van der Waals surface area contributed by atoms with Gasteiger partial charge in [-0.1, -0.05) is 35.9 Å².